The summed E-state index contributed by atoms with van der Waals surface area (Å²) in [5, 5.41) is 0. The van der Waals surface area contributed by atoms with Crippen molar-refractivity contribution in [3.05, 3.63) is 0 Å². The van der Waals surface area contributed by atoms with Gasteiger partial charge in [0, 0.05) is 0 Å². The van der Waals surface area contributed by atoms with E-state index in [-0.39, 0.29) is 12.4 Å². The summed E-state index contributed by atoms with van der Waals surface area (Å²) in [7, 11) is 3.15. The van der Waals surface area contributed by atoms with Gasteiger partial charge in [0.15, 0.2) is 6.29 Å². The molecular formula is C32H69ClNO3P. The number of halogens is 1. The monoisotopic (exact) mass is 581 g/mol. The minimum absolute atomic E-state index is 0. The Labute approximate surface area is 246 Å². The summed E-state index contributed by atoms with van der Waals surface area (Å²) >= 11 is 0. The third-order valence-corrected chi connectivity index (χ3v) is 9.52. The van der Waals surface area contributed by atoms with E-state index in [0.29, 0.717) is 24.0 Å². The molecule has 0 aliphatic heterocycles. The Balaban J connectivity index is 0. The van der Waals surface area contributed by atoms with Crippen LogP contribution in [0.1, 0.15) is 168 Å². The Morgan fingerprint density at radius 3 is 0.921 bits per heavy atom. The first-order valence-electron chi connectivity index (χ1n) is 16.5. The van der Waals surface area contributed by atoms with Crippen molar-refractivity contribution in [3.63, 3.8) is 0 Å². The normalized spacial score (nSPS) is 12.1. The highest BCUT2D eigenvalue weighted by atomic mass is 35.5. The Hall–Kier alpha value is 0.400. The highest BCUT2D eigenvalue weighted by Crippen LogP contribution is 2.49. The van der Waals surface area contributed by atoms with E-state index in [1.165, 1.54) is 141 Å². The fraction of sp³-hybridized carbons (Fsp3) is 1.00. The van der Waals surface area contributed by atoms with Gasteiger partial charge in [0.25, 0.3) is 0 Å². The smallest absolute Gasteiger partial charge is 0.384 e. The van der Waals surface area contributed by atoms with Crippen LogP contribution in [0.25, 0.3) is 0 Å². The molecular weight excluding hydrogens is 513 g/mol. The molecule has 0 heterocycles. The molecule has 0 aromatic rings. The van der Waals surface area contributed by atoms with Crippen LogP contribution in [-0.2, 0) is 13.6 Å². The second-order valence-corrected chi connectivity index (χ2v) is 14.5. The number of unbranched alkanes of at least 4 members (excludes halogenated alkanes) is 22. The van der Waals surface area contributed by atoms with E-state index in [9.17, 15) is 4.57 Å². The molecule has 38 heavy (non-hydrogen) atoms. The summed E-state index contributed by atoms with van der Waals surface area (Å²) in [5.41, 5.74) is 0. The van der Waals surface area contributed by atoms with Gasteiger partial charge in [-0.1, -0.05) is 155 Å². The Bertz CT molecular complexity index is 479. The van der Waals surface area contributed by atoms with Crippen LogP contribution in [-0.4, -0.2) is 45.1 Å². The summed E-state index contributed by atoms with van der Waals surface area (Å²) < 4.78 is 25.8. The number of hydrogen-bond donors (Lipinski definition) is 0. The zero-order valence-corrected chi connectivity index (χ0v) is 28.2. The molecule has 0 spiro atoms. The highest BCUT2D eigenvalue weighted by molar-refractivity contribution is 7.53. The molecule has 0 aromatic carbocycles. The van der Waals surface area contributed by atoms with E-state index in [1.807, 2.05) is 0 Å². The molecule has 0 fully saturated rings. The predicted molar refractivity (Wildman–Crippen MR) is 165 cm³/mol. The molecule has 0 aliphatic rings. The van der Waals surface area contributed by atoms with Gasteiger partial charge < -0.3 is 25.9 Å². The molecule has 6 heteroatoms. The number of hydrogen-bond acceptors (Lipinski definition) is 3. The van der Waals surface area contributed by atoms with Crippen LogP contribution in [0.4, 0.5) is 0 Å². The lowest BCUT2D eigenvalue weighted by Gasteiger charge is -2.28. The summed E-state index contributed by atoms with van der Waals surface area (Å²) in [5.74, 6) is 0. The van der Waals surface area contributed by atoms with E-state index in [4.69, 9.17) is 9.05 Å². The standard InChI is InChI=1S/C32H69NO3P.ClH/c1-6-8-10-12-14-16-18-20-22-24-26-28-30-35-37(34,32-33(3,4)5)36-31-29-27-25-23-21-19-17-15-13-11-9-7-2;/h6-32H2,1-5H3;1H/q+1;/p-1. The highest BCUT2D eigenvalue weighted by Gasteiger charge is 2.32. The quantitative estimate of drug-likeness (QED) is 0.0486. The summed E-state index contributed by atoms with van der Waals surface area (Å²) in [6.07, 6.45) is 32.1. The third-order valence-electron chi connectivity index (χ3n) is 7.17. The number of quaternary nitrogens is 1. The molecule has 0 saturated carbocycles. The van der Waals surface area contributed by atoms with Crippen LogP contribution < -0.4 is 12.4 Å². The van der Waals surface area contributed by atoms with Crippen molar-refractivity contribution < 1.29 is 30.5 Å². The molecule has 232 valence electrons. The number of nitrogens with zero attached hydrogens (tertiary/aromatic N) is 1. The molecule has 0 amide bonds. The maximum absolute atomic E-state index is 13.4. The van der Waals surface area contributed by atoms with E-state index in [2.05, 4.69) is 35.0 Å². The van der Waals surface area contributed by atoms with Gasteiger partial charge in [0.05, 0.1) is 34.4 Å². The fourth-order valence-corrected chi connectivity index (χ4v) is 7.02. The lowest BCUT2D eigenvalue weighted by molar-refractivity contribution is -0.859. The molecule has 0 radical (unpaired) electrons. The minimum Gasteiger partial charge on any atom is -1.00 e. The molecule has 0 atom stereocenters. The predicted octanol–water partition coefficient (Wildman–Crippen LogP) is 8.28. The SMILES string of the molecule is CCCCCCCCCCCCCCOP(=O)(C[N+](C)(C)C)OCCCCCCCCCCCCCC.[Cl-]. The van der Waals surface area contributed by atoms with Gasteiger partial charge in [-0.15, -0.1) is 0 Å². The Morgan fingerprint density at radius 1 is 0.447 bits per heavy atom. The van der Waals surface area contributed by atoms with E-state index in [1.54, 1.807) is 0 Å². The summed E-state index contributed by atoms with van der Waals surface area (Å²) in [4.78, 5) is 0. The van der Waals surface area contributed by atoms with Gasteiger partial charge >= 0.3 is 7.60 Å². The Kier molecular flexibility index (Phi) is 30.8. The molecule has 0 aliphatic carbocycles. The molecule has 0 N–H and O–H groups in total. The first-order chi connectivity index (χ1) is 17.8. The van der Waals surface area contributed by atoms with Gasteiger partial charge in [-0.2, -0.15) is 0 Å². The van der Waals surface area contributed by atoms with Crippen molar-refractivity contribution in [1.82, 2.24) is 0 Å². The van der Waals surface area contributed by atoms with Crippen molar-refractivity contribution in [2.24, 2.45) is 0 Å². The van der Waals surface area contributed by atoms with Gasteiger partial charge in [0.1, 0.15) is 0 Å². The zero-order valence-electron chi connectivity index (χ0n) is 26.6. The minimum atomic E-state index is -3.03. The molecule has 0 rings (SSSR count). The lowest BCUT2D eigenvalue weighted by atomic mass is 10.1. The zero-order chi connectivity index (χ0) is 27.5. The first kappa shape index (κ1) is 40.5. The maximum Gasteiger partial charge on any atom is 0.384 e. The molecule has 0 unspecified atom stereocenters. The molecule has 0 bridgehead atoms. The lowest BCUT2D eigenvalue weighted by Crippen LogP contribution is -3.00. The van der Waals surface area contributed by atoms with Crippen molar-refractivity contribution in [2.75, 3.05) is 40.6 Å². The van der Waals surface area contributed by atoms with Crippen molar-refractivity contribution in [3.8, 4) is 0 Å². The van der Waals surface area contributed by atoms with Gasteiger partial charge in [0.2, 0.25) is 0 Å². The van der Waals surface area contributed by atoms with Crippen LogP contribution in [0.5, 0.6) is 0 Å². The van der Waals surface area contributed by atoms with Gasteiger partial charge in [-0.25, -0.2) is 0 Å². The fourth-order valence-electron chi connectivity index (χ4n) is 4.93. The topological polar surface area (TPSA) is 35.5 Å². The Morgan fingerprint density at radius 2 is 0.684 bits per heavy atom. The van der Waals surface area contributed by atoms with E-state index >= 15 is 0 Å². The van der Waals surface area contributed by atoms with Crippen molar-refractivity contribution in [2.45, 2.75) is 168 Å². The van der Waals surface area contributed by atoms with Gasteiger partial charge in [-0.05, 0) is 12.8 Å². The van der Waals surface area contributed by atoms with Crippen LogP contribution in [0.15, 0.2) is 0 Å². The van der Waals surface area contributed by atoms with Crippen molar-refractivity contribution in [1.29, 1.82) is 0 Å². The van der Waals surface area contributed by atoms with Crippen LogP contribution in [0.2, 0.25) is 0 Å². The maximum atomic E-state index is 13.4. The molecule has 4 nitrogen and oxygen atoms in total. The third kappa shape index (κ3) is 30.9. The summed E-state index contributed by atoms with van der Waals surface area (Å²) in [6.45, 7) is 5.68. The van der Waals surface area contributed by atoms with Crippen LogP contribution in [0.3, 0.4) is 0 Å². The first-order valence-corrected chi connectivity index (χ1v) is 18.2. The second-order valence-electron chi connectivity index (χ2n) is 12.5. The molecule has 0 aromatic heterocycles. The summed E-state index contributed by atoms with van der Waals surface area (Å²) in [6, 6.07) is 0. The average molecular weight is 582 g/mol. The van der Waals surface area contributed by atoms with Crippen LogP contribution in [0, 0.1) is 0 Å². The number of rotatable bonds is 30. The van der Waals surface area contributed by atoms with Crippen molar-refractivity contribution >= 4 is 7.60 Å². The van der Waals surface area contributed by atoms with Crippen LogP contribution >= 0.6 is 7.60 Å². The average Bonchev–Trinajstić information content (AvgIpc) is 2.84. The molecule has 0 saturated heterocycles. The largest absolute Gasteiger partial charge is 1.00 e. The second kappa shape index (κ2) is 28.9. The van der Waals surface area contributed by atoms with E-state index in [0.717, 1.165) is 12.8 Å². The van der Waals surface area contributed by atoms with E-state index < -0.39 is 7.60 Å². The van der Waals surface area contributed by atoms with Gasteiger partial charge in [-0.3, -0.25) is 4.57 Å².